The molecule has 0 saturated carbocycles. The molecule has 5 heteroatoms. The molecule has 0 bridgehead atoms. The van der Waals surface area contributed by atoms with Gasteiger partial charge < -0.3 is 9.84 Å². The highest BCUT2D eigenvalue weighted by atomic mass is 16.5. The van der Waals surface area contributed by atoms with Crippen LogP contribution in [-0.4, -0.2) is 28.4 Å². The predicted molar refractivity (Wildman–Crippen MR) is 66.7 cm³/mol. The molecule has 2 N–H and O–H groups in total. The second-order valence-electron chi connectivity index (χ2n) is 3.97. The van der Waals surface area contributed by atoms with Crippen LogP contribution in [0.5, 0.6) is 5.75 Å². The fourth-order valence-corrected chi connectivity index (χ4v) is 1.91. The number of aromatic nitrogens is 2. The fourth-order valence-electron chi connectivity index (χ4n) is 1.91. The van der Waals surface area contributed by atoms with E-state index in [1.54, 1.807) is 7.11 Å². The van der Waals surface area contributed by atoms with Gasteiger partial charge >= 0.3 is 5.97 Å². The third kappa shape index (κ3) is 2.34. The van der Waals surface area contributed by atoms with Crippen molar-refractivity contribution in [3.63, 3.8) is 0 Å². The molecule has 0 atom stereocenters. The first kappa shape index (κ1) is 12.2. The van der Waals surface area contributed by atoms with Gasteiger partial charge in [0.2, 0.25) is 0 Å². The van der Waals surface area contributed by atoms with Gasteiger partial charge in [0.05, 0.1) is 19.2 Å². The summed E-state index contributed by atoms with van der Waals surface area (Å²) in [4.78, 5) is 10.8. The smallest absolute Gasteiger partial charge is 0.309 e. The molecular weight excluding hydrogens is 232 g/mol. The third-order valence-electron chi connectivity index (χ3n) is 2.70. The van der Waals surface area contributed by atoms with Crippen molar-refractivity contribution in [3.05, 3.63) is 35.7 Å². The van der Waals surface area contributed by atoms with E-state index in [4.69, 9.17) is 9.84 Å². The Kier molecular flexibility index (Phi) is 3.32. The van der Waals surface area contributed by atoms with E-state index in [0.717, 1.165) is 22.6 Å². The lowest BCUT2D eigenvalue weighted by Crippen LogP contribution is -2.02. The molecule has 94 valence electrons. The van der Waals surface area contributed by atoms with Crippen molar-refractivity contribution >= 4 is 5.97 Å². The number of methoxy groups -OCH3 is 1. The Bertz CT molecular complexity index is 575. The summed E-state index contributed by atoms with van der Waals surface area (Å²) in [6.07, 6.45) is -0.100. The topological polar surface area (TPSA) is 75.2 Å². The molecule has 2 rings (SSSR count). The number of hydrogen-bond acceptors (Lipinski definition) is 3. The number of carboxylic acid groups (broad SMARTS) is 1. The lowest BCUT2D eigenvalue weighted by molar-refractivity contribution is -0.136. The lowest BCUT2D eigenvalue weighted by Gasteiger charge is -2.05. The Morgan fingerprint density at radius 1 is 1.50 bits per heavy atom. The summed E-state index contributed by atoms with van der Waals surface area (Å²) < 4.78 is 5.17. The highest BCUT2D eigenvalue weighted by molar-refractivity contribution is 5.77. The minimum atomic E-state index is -0.898. The molecule has 18 heavy (non-hydrogen) atoms. The number of H-pyrrole nitrogens is 1. The van der Waals surface area contributed by atoms with Crippen LogP contribution in [0.4, 0.5) is 0 Å². The zero-order valence-electron chi connectivity index (χ0n) is 10.2. The first-order valence-corrected chi connectivity index (χ1v) is 5.52. The van der Waals surface area contributed by atoms with Crippen molar-refractivity contribution in [1.82, 2.24) is 10.2 Å². The molecular formula is C13H14N2O3. The number of aliphatic carboxylic acids is 1. The zero-order valence-corrected chi connectivity index (χ0v) is 10.2. The molecule has 0 fully saturated rings. The fraction of sp³-hybridized carbons (Fsp3) is 0.231. The van der Waals surface area contributed by atoms with Crippen LogP contribution in [0, 0.1) is 6.92 Å². The van der Waals surface area contributed by atoms with E-state index >= 15 is 0 Å². The molecule has 1 aromatic carbocycles. The normalized spacial score (nSPS) is 10.3. The van der Waals surface area contributed by atoms with Crippen molar-refractivity contribution in [2.24, 2.45) is 0 Å². The molecule has 1 aromatic heterocycles. The van der Waals surface area contributed by atoms with Crippen LogP contribution in [0.2, 0.25) is 0 Å². The third-order valence-corrected chi connectivity index (χ3v) is 2.70. The number of rotatable bonds is 4. The largest absolute Gasteiger partial charge is 0.497 e. The SMILES string of the molecule is COc1cccc(-c2c(CC(=O)O)n[nH]c2C)c1. The summed E-state index contributed by atoms with van der Waals surface area (Å²) in [5.74, 6) is -0.167. The Labute approximate surface area is 104 Å². The molecule has 1 heterocycles. The second kappa shape index (κ2) is 4.91. The maximum Gasteiger partial charge on any atom is 0.309 e. The number of ether oxygens (including phenoxy) is 1. The van der Waals surface area contributed by atoms with Gasteiger partial charge in [0.25, 0.3) is 0 Å². The minimum Gasteiger partial charge on any atom is -0.497 e. The van der Waals surface area contributed by atoms with Crippen LogP contribution in [0.3, 0.4) is 0 Å². The average Bonchev–Trinajstić information content (AvgIpc) is 2.70. The number of nitrogens with one attached hydrogen (secondary N) is 1. The Morgan fingerprint density at radius 2 is 2.28 bits per heavy atom. The van der Waals surface area contributed by atoms with Gasteiger partial charge in [-0.2, -0.15) is 5.10 Å². The van der Waals surface area contributed by atoms with Crippen LogP contribution in [-0.2, 0) is 11.2 Å². The van der Waals surface area contributed by atoms with E-state index < -0.39 is 5.97 Å². The zero-order chi connectivity index (χ0) is 13.1. The van der Waals surface area contributed by atoms with Crippen LogP contribution in [0.1, 0.15) is 11.4 Å². The molecule has 0 amide bonds. The van der Waals surface area contributed by atoms with Crippen LogP contribution in [0.15, 0.2) is 24.3 Å². The summed E-state index contributed by atoms with van der Waals surface area (Å²) >= 11 is 0. The quantitative estimate of drug-likeness (QED) is 0.865. The molecule has 0 radical (unpaired) electrons. The van der Waals surface area contributed by atoms with Gasteiger partial charge in [0.1, 0.15) is 5.75 Å². The molecule has 0 unspecified atom stereocenters. The summed E-state index contributed by atoms with van der Waals surface area (Å²) in [6.45, 7) is 1.87. The Hall–Kier alpha value is -2.30. The maximum absolute atomic E-state index is 10.8. The lowest BCUT2D eigenvalue weighted by atomic mass is 10.0. The number of aromatic amines is 1. The van der Waals surface area contributed by atoms with Crippen molar-refractivity contribution in [1.29, 1.82) is 0 Å². The number of carbonyl (C=O) groups is 1. The number of carboxylic acids is 1. The molecule has 0 spiro atoms. The Balaban J connectivity index is 2.48. The van der Waals surface area contributed by atoms with E-state index in [9.17, 15) is 4.79 Å². The summed E-state index contributed by atoms with van der Waals surface area (Å²) in [5, 5.41) is 15.7. The van der Waals surface area contributed by atoms with Crippen molar-refractivity contribution in [3.8, 4) is 16.9 Å². The first-order chi connectivity index (χ1) is 8.61. The number of nitrogens with zero attached hydrogens (tertiary/aromatic N) is 1. The van der Waals surface area contributed by atoms with E-state index in [-0.39, 0.29) is 6.42 Å². The second-order valence-corrected chi connectivity index (χ2v) is 3.97. The summed E-state index contributed by atoms with van der Waals surface area (Å²) in [6, 6.07) is 7.48. The van der Waals surface area contributed by atoms with Gasteiger partial charge in [-0.1, -0.05) is 12.1 Å². The molecule has 0 aliphatic carbocycles. The number of hydrogen-bond donors (Lipinski definition) is 2. The minimum absolute atomic E-state index is 0.100. The van der Waals surface area contributed by atoms with Gasteiger partial charge in [-0.15, -0.1) is 0 Å². The average molecular weight is 246 g/mol. The number of benzene rings is 1. The predicted octanol–water partition coefficient (Wildman–Crippen LogP) is 2.02. The van der Waals surface area contributed by atoms with E-state index in [1.165, 1.54) is 0 Å². The standard InChI is InChI=1S/C13H14N2O3/c1-8-13(11(15-14-8)7-12(16)17)9-4-3-5-10(6-9)18-2/h3-6H,7H2,1-2H3,(H,14,15)(H,16,17). The van der Waals surface area contributed by atoms with Gasteiger partial charge in [0.15, 0.2) is 0 Å². The van der Waals surface area contributed by atoms with E-state index in [1.807, 2.05) is 31.2 Å². The van der Waals surface area contributed by atoms with Crippen LogP contribution < -0.4 is 4.74 Å². The van der Waals surface area contributed by atoms with Crippen molar-refractivity contribution in [2.75, 3.05) is 7.11 Å². The van der Waals surface area contributed by atoms with E-state index in [0.29, 0.717) is 5.69 Å². The molecule has 0 aliphatic heterocycles. The monoisotopic (exact) mass is 246 g/mol. The Morgan fingerprint density at radius 3 is 2.94 bits per heavy atom. The highest BCUT2D eigenvalue weighted by Crippen LogP contribution is 2.28. The summed E-state index contributed by atoms with van der Waals surface area (Å²) in [5.41, 5.74) is 3.11. The van der Waals surface area contributed by atoms with Gasteiger partial charge in [-0.3, -0.25) is 9.89 Å². The van der Waals surface area contributed by atoms with Gasteiger partial charge in [-0.25, -0.2) is 0 Å². The molecule has 0 saturated heterocycles. The maximum atomic E-state index is 10.8. The molecule has 5 nitrogen and oxygen atoms in total. The van der Waals surface area contributed by atoms with Crippen LogP contribution >= 0.6 is 0 Å². The first-order valence-electron chi connectivity index (χ1n) is 5.52. The molecule has 0 aliphatic rings. The van der Waals surface area contributed by atoms with Gasteiger partial charge in [0, 0.05) is 11.3 Å². The highest BCUT2D eigenvalue weighted by Gasteiger charge is 2.15. The number of aryl methyl sites for hydroxylation is 1. The summed E-state index contributed by atoms with van der Waals surface area (Å²) in [7, 11) is 1.60. The van der Waals surface area contributed by atoms with Crippen molar-refractivity contribution in [2.45, 2.75) is 13.3 Å². The van der Waals surface area contributed by atoms with Gasteiger partial charge in [-0.05, 0) is 24.6 Å². The van der Waals surface area contributed by atoms with Crippen LogP contribution in [0.25, 0.3) is 11.1 Å². The molecule has 2 aromatic rings. The van der Waals surface area contributed by atoms with Crippen molar-refractivity contribution < 1.29 is 14.6 Å². The van der Waals surface area contributed by atoms with E-state index in [2.05, 4.69) is 10.2 Å².